The number of ether oxygens (including phenoxy) is 1. The molecule has 3 N–H and O–H groups in total. The summed E-state index contributed by atoms with van der Waals surface area (Å²) in [6.45, 7) is 2.61. The van der Waals surface area contributed by atoms with Gasteiger partial charge in [0.15, 0.2) is 5.11 Å². The van der Waals surface area contributed by atoms with Crippen LogP contribution in [0.3, 0.4) is 0 Å². The molecule has 0 aliphatic carbocycles. The van der Waals surface area contributed by atoms with E-state index in [0.717, 1.165) is 12.1 Å². The Morgan fingerprint density at radius 2 is 2.29 bits per heavy atom. The largest absolute Gasteiger partial charge is 0.375 e. The summed E-state index contributed by atoms with van der Waals surface area (Å²) in [7, 11) is 0. The van der Waals surface area contributed by atoms with Crippen LogP contribution in [0, 0.1) is 0 Å². The zero-order valence-electron chi connectivity index (χ0n) is 9.64. The third-order valence-electron chi connectivity index (χ3n) is 2.72. The van der Waals surface area contributed by atoms with Crippen LogP contribution < -0.4 is 11.2 Å². The van der Waals surface area contributed by atoms with Crippen molar-refractivity contribution in [3.8, 4) is 0 Å². The number of hydrogen-bond acceptors (Lipinski definition) is 3. The van der Waals surface area contributed by atoms with E-state index in [-0.39, 0.29) is 11.2 Å². The minimum absolute atomic E-state index is 0.109. The van der Waals surface area contributed by atoms with Gasteiger partial charge in [0.1, 0.15) is 6.10 Å². The lowest BCUT2D eigenvalue weighted by molar-refractivity contribution is 0.0871. The van der Waals surface area contributed by atoms with E-state index in [9.17, 15) is 0 Å². The van der Waals surface area contributed by atoms with Gasteiger partial charge in [-0.1, -0.05) is 24.3 Å². The van der Waals surface area contributed by atoms with Crippen LogP contribution in [-0.2, 0) is 11.2 Å². The summed E-state index contributed by atoms with van der Waals surface area (Å²) >= 11 is 4.71. The van der Waals surface area contributed by atoms with Gasteiger partial charge in [-0.3, -0.25) is 5.43 Å². The Labute approximate surface area is 106 Å². The molecule has 1 aliphatic rings. The van der Waals surface area contributed by atoms with Crippen LogP contribution in [0.25, 0.3) is 0 Å². The molecule has 0 saturated carbocycles. The first-order valence-electron chi connectivity index (χ1n) is 5.47. The molecule has 0 bridgehead atoms. The second kappa shape index (κ2) is 5.25. The third kappa shape index (κ3) is 2.81. The van der Waals surface area contributed by atoms with E-state index >= 15 is 0 Å². The number of benzene rings is 1. The normalized spacial score (nSPS) is 19.6. The van der Waals surface area contributed by atoms with E-state index in [1.54, 1.807) is 0 Å². The van der Waals surface area contributed by atoms with Crippen molar-refractivity contribution in [3.05, 3.63) is 35.4 Å². The van der Waals surface area contributed by atoms with Crippen LogP contribution in [0.15, 0.2) is 29.4 Å². The Hall–Kier alpha value is -1.46. The Balaban J connectivity index is 2.23. The van der Waals surface area contributed by atoms with Crippen molar-refractivity contribution >= 4 is 23.0 Å². The van der Waals surface area contributed by atoms with Gasteiger partial charge in [0.25, 0.3) is 0 Å². The first-order valence-corrected chi connectivity index (χ1v) is 5.88. The van der Waals surface area contributed by atoms with Crippen molar-refractivity contribution in [2.24, 2.45) is 10.8 Å². The average molecular weight is 249 g/mol. The summed E-state index contributed by atoms with van der Waals surface area (Å²) in [6.07, 6.45) is 0.838. The molecule has 1 heterocycles. The van der Waals surface area contributed by atoms with Gasteiger partial charge in [-0.25, -0.2) is 0 Å². The SMILES string of the molecule is C/C(=N\NC(N)=S)[C@@H]1OCCc2ccccc21. The molecule has 0 fully saturated rings. The summed E-state index contributed by atoms with van der Waals surface area (Å²) < 4.78 is 5.74. The number of nitrogens with zero attached hydrogens (tertiary/aromatic N) is 1. The van der Waals surface area contributed by atoms with Gasteiger partial charge in [0.2, 0.25) is 0 Å². The van der Waals surface area contributed by atoms with Crippen molar-refractivity contribution in [1.82, 2.24) is 5.43 Å². The van der Waals surface area contributed by atoms with Crippen molar-refractivity contribution in [1.29, 1.82) is 0 Å². The fraction of sp³-hybridized carbons (Fsp3) is 0.333. The molecule has 0 spiro atoms. The van der Waals surface area contributed by atoms with Gasteiger partial charge >= 0.3 is 0 Å². The predicted molar refractivity (Wildman–Crippen MR) is 71.9 cm³/mol. The monoisotopic (exact) mass is 249 g/mol. The molecule has 4 nitrogen and oxygen atoms in total. The Bertz CT molecular complexity index is 459. The third-order valence-corrected chi connectivity index (χ3v) is 2.81. The average Bonchev–Trinajstić information content (AvgIpc) is 2.35. The van der Waals surface area contributed by atoms with Gasteiger partial charge in [-0.05, 0) is 36.7 Å². The molecule has 17 heavy (non-hydrogen) atoms. The van der Waals surface area contributed by atoms with Crippen molar-refractivity contribution in [2.75, 3.05) is 6.61 Å². The Morgan fingerprint density at radius 3 is 3.06 bits per heavy atom. The quantitative estimate of drug-likeness (QED) is 0.474. The summed E-state index contributed by atoms with van der Waals surface area (Å²) in [6, 6.07) is 8.24. The highest BCUT2D eigenvalue weighted by molar-refractivity contribution is 7.80. The molecule has 1 atom stereocenters. The minimum Gasteiger partial charge on any atom is -0.375 e. The summed E-state index contributed by atoms with van der Waals surface area (Å²) in [5, 5.41) is 4.28. The molecular weight excluding hydrogens is 234 g/mol. The van der Waals surface area contributed by atoms with Crippen LogP contribution in [-0.4, -0.2) is 17.4 Å². The zero-order valence-corrected chi connectivity index (χ0v) is 10.5. The number of fused-ring (bicyclic) bond motifs is 1. The fourth-order valence-electron chi connectivity index (χ4n) is 1.94. The van der Waals surface area contributed by atoms with Crippen molar-refractivity contribution < 1.29 is 4.74 Å². The molecule has 5 heteroatoms. The summed E-state index contributed by atoms with van der Waals surface area (Å²) in [4.78, 5) is 0. The summed E-state index contributed by atoms with van der Waals surface area (Å²) in [5.41, 5.74) is 11.2. The molecule has 2 rings (SSSR count). The molecular formula is C12H15N3OS. The lowest BCUT2D eigenvalue weighted by atomic mass is 9.95. The standard InChI is InChI=1S/C12H15N3OS/c1-8(14-15-12(13)17)11-10-5-3-2-4-9(10)6-7-16-11/h2-5,11H,6-7H2,1H3,(H3,13,15,17)/b14-8+/t11-/m0/s1. The molecule has 0 unspecified atom stereocenters. The smallest absolute Gasteiger partial charge is 0.184 e. The maximum Gasteiger partial charge on any atom is 0.184 e. The number of thiocarbonyl (C=S) groups is 1. The van der Waals surface area contributed by atoms with Gasteiger partial charge in [-0.2, -0.15) is 5.10 Å². The summed E-state index contributed by atoms with van der Waals surface area (Å²) in [5.74, 6) is 0. The van der Waals surface area contributed by atoms with Crippen LogP contribution in [0.1, 0.15) is 24.2 Å². The molecule has 1 aliphatic heterocycles. The lowest BCUT2D eigenvalue weighted by Gasteiger charge is -2.25. The van der Waals surface area contributed by atoms with Crippen LogP contribution in [0.4, 0.5) is 0 Å². The highest BCUT2D eigenvalue weighted by atomic mass is 32.1. The number of nitrogens with one attached hydrogen (secondary N) is 1. The van der Waals surface area contributed by atoms with Crippen LogP contribution >= 0.6 is 12.2 Å². The van der Waals surface area contributed by atoms with Crippen LogP contribution in [0.2, 0.25) is 0 Å². The van der Waals surface area contributed by atoms with Crippen molar-refractivity contribution in [2.45, 2.75) is 19.4 Å². The Kier molecular flexibility index (Phi) is 3.71. The van der Waals surface area contributed by atoms with Crippen molar-refractivity contribution in [3.63, 3.8) is 0 Å². The fourth-order valence-corrected chi connectivity index (χ4v) is 1.99. The minimum atomic E-state index is -0.109. The van der Waals surface area contributed by atoms with E-state index in [4.69, 9.17) is 22.7 Å². The predicted octanol–water partition coefficient (Wildman–Crippen LogP) is 1.51. The van der Waals surface area contributed by atoms with E-state index in [2.05, 4.69) is 22.7 Å². The Morgan fingerprint density at radius 1 is 1.53 bits per heavy atom. The topological polar surface area (TPSA) is 59.6 Å². The number of rotatable bonds is 2. The molecule has 0 amide bonds. The second-order valence-corrected chi connectivity index (χ2v) is 4.37. The highest BCUT2D eigenvalue weighted by Crippen LogP contribution is 2.27. The number of hydrogen-bond donors (Lipinski definition) is 2. The molecule has 0 radical (unpaired) electrons. The molecule has 0 aromatic heterocycles. The molecule has 1 aromatic rings. The number of hydrazone groups is 1. The van der Waals surface area contributed by atoms with Gasteiger partial charge in [-0.15, -0.1) is 0 Å². The molecule has 1 aromatic carbocycles. The zero-order chi connectivity index (χ0) is 12.3. The highest BCUT2D eigenvalue weighted by Gasteiger charge is 2.22. The lowest BCUT2D eigenvalue weighted by Crippen LogP contribution is -2.28. The van der Waals surface area contributed by atoms with Gasteiger partial charge in [0.05, 0.1) is 12.3 Å². The van der Waals surface area contributed by atoms with E-state index in [0.29, 0.717) is 6.61 Å². The second-order valence-electron chi connectivity index (χ2n) is 3.93. The van der Waals surface area contributed by atoms with E-state index < -0.39 is 0 Å². The first-order chi connectivity index (χ1) is 8.18. The van der Waals surface area contributed by atoms with Crippen LogP contribution in [0.5, 0.6) is 0 Å². The van der Waals surface area contributed by atoms with Gasteiger partial charge in [0, 0.05) is 0 Å². The first kappa shape index (κ1) is 12.0. The van der Waals surface area contributed by atoms with Gasteiger partial charge < -0.3 is 10.5 Å². The molecule has 90 valence electrons. The van der Waals surface area contributed by atoms with E-state index in [1.165, 1.54) is 11.1 Å². The molecule has 0 saturated heterocycles. The number of nitrogens with two attached hydrogens (primary N) is 1. The van der Waals surface area contributed by atoms with E-state index in [1.807, 2.05) is 19.1 Å². The maximum atomic E-state index is 5.74. The maximum absolute atomic E-state index is 5.74.